The van der Waals surface area contributed by atoms with Crippen LogP contribution in [0.15, 0.2) is 199 Å². The molecule has 8 aromatic carbocycles. The molecule has 324 valence electrons. The molecule has 0 aliphatic heterocycles. The topological polar surface area (TPSA) is 125 Å². The van der Waals surface area contributed by atoms with Gasteiger partial charge in [-0.15, -0.1) is 0 Å². The second-order valence-electron chi connectivity index (χ2n) is 15.1. The van der Waals surface area contributed by atoms with Gasteiger partial charge in [-0.2, -0.15) is 0 Å². The molecule has 0 bridgehead atoms. The second kappa shape index (κ2) is 22.5. The van der Waals surface area contributed by atoms with E-state index in [1.54, 1.807) is 48.5 Å². The number of benzene rings is 8. The predicted octanol–water partition coefficient (Wildman–Crippen LogP) is 13.8. The van der Waals surface area contributed by atoms with Crippen LogP contribution in [0.3, 0.4) is 0 Å². The van der Waals surface area contributed by atoms with Crippen LogP contribution in [0.5, 0.6) is 0 Å². The number of nitrogens with one attached hydrogen (secondary N) is 3. The Labute approximate surface area is 388 Å². The maximum absolute atomic E-state index is 12.4. The van der Waals surface area contributed by atoms with Gasteiger partial charge in [0.25, 0.3) is 17.7 Å². The lowest BCUT2D eigenvalue weighted by Crippen LogP contribution is -2.14. The number of halogens is 1. The van der Waals surface area contributed by atoms with Crippen molar-refractivity contribution in [3.8, 4) is 22.3 Å². The van der Waals surface area contributed by atoms with Gasteiger partial charge in [0.05, 0.1) is 11.3 Å². The van der Waals surface area contributed by atoms with Crippen LogP contribution in [0, 0.1) is 27.7 Å². The molecule has 0 radical (unpaired) electrons. The van der Waals surface area contributed by atoms with Crippen molar-refractivity contribution < 1.29 is 24.3 Å². The fourth-order valence-electron chi connectivity index (χ4n) is 6.80. The molecule has 0 spiro atoms. The van der Waals surface area contributed by atoms with E-state index in [9.17, 15) is 24.3 Å². The molecule has 0 fully saturated rings. The van der Waals surface area contributed by atoms with Crippen molar-refractivity contribution in [3.63, 3.8) is 0 Å². The molecule has 8 aromatic rings. The third-order valence-corrected chi connectivity index (χ3v) is 10.9. The highest BCUT2D eigenvalue weighted by atomic mass is 79.9. The Hall–Kier alpha value is -7.88. The van der Waals surface area contributed by atoms with Crippen molar-refractivity contribution in [2.75, 3.05) is 16.0 Å². The van der Waals surface area contributed by atoms with Crippen LogP contribution in [-0.2, 0) is 0 Å². The Kier molecular flexibility index (Phi) is 16.1. The molecule has 0 aromatic heterocycles. The molecule has 65 heavy (non-hydrogen) atoms. The normalized spacial score (nSPS) is 10.2. The van der Waals surface area contributed by atoms with Crippen LogP contribution in [0.25, 0.3) is 22.3 Å². The lowest BCUT2D eigenvalue weighted by molar-refractivity contribution is 0.0697. The van der Waals surface area contributed by atoms with Gasteiger partial charge in [0.1, 0.15) is 0 Å². The standard InChI is InChI=1S/C21H17NO3.C21H19NO.C14H12BrNO/c1-14-7-5-6-10-17(14)16-11-12-18(21(24)25)19(13-16)22-20(23)15-8-3-2-4-9-15;1-15-8-6-7-11-19(15)18-13-12-16(2)20(14-18)22-21(23)17-9-4-3-5-10-17;1-10-7-8-12(15)9-13(10)16-14(17)11-5-3-2-4-6-11/h2-13H,1H3,(H,22,23)(H,24,25);3-14H,1-2H3,(H,22,23);2-9H,1H3,(H,16,17). The Morgan fingerprint density at radius 3 is 1.17 bits per heavy atom. The van der Waals surface area contributed by atoms with E-state index in [0.29, 0.717) is 16.7 Å². The lowest BCUT2D eigenvalue weighted by Gasteiger charge is -2.12. The maximum atomic E-state index is 12.4. The zero-order valence-electron chi connectivity index (χ0n) is 36.4. The number of hydrogen-bond acceptors (Lipinski definition) is 4. The fourth-order valence-corrected chi connectivity index (χ4v) is 7.16. The van der Waals surface area contributed by atoms with Crippen LogP contribution in [-0.4, -0.2) is 28.8 Å². The molecule has 0 aliphatic rings. The summed E-state index contributed by atoms with van der Waals surface area (Å²) in [6, 6.07) is 60.2. The van der Waals surface area contributed by atoms with Gasteiger partial charge in [0.15, 0.2) is 0 Å². The first-order chi connectivity index (χ1) is 31.4. The number of carbonyl (C=O) groups excluding carboxylic acids is 3. The summed E-state index contributed by atoms with van der Waals surface area (Å²) in [5.41, 5.74) is 12.3. The number of carbonyl (C=O) groups is 4. The Morgan fingerprint density at radius 2 is 0.738 bits per heavy atom. The number of rotatable bonds is 9. The first kappa shape index (κ1) is 46.6. The number of carboxylic acids is 1. The SMILES string of the molecule is Cc1ccc(-c2ccccc2C)cc1NC(=O)c1ccccc1.Cc1ccc(Br)cc1NC(=O)c1ccccc1.Cc1ccccc1-c1ccc(C(=O)O)c(NC(=O)c2ccccc2)c1. The molecule has 0 saturated heterocycles. The van der Waals surface area contributed by atoms with Crippen molar-refractivity contribution in [1.29, 1.82) is 0 Å². The molecule has 0 atom stereocenters. The number of aromatic carboxylic acids is 1. The third-order valence-electron chi connectivity index (χ3n) is 10.5. The van der Waals surface area contributed by atoms with Gasteiger partial charge in [-0.3, -0.25) is 14.4 Å². The van der Waals surface area contributed by atoms with Gasteiger partial charge >= 0.3 is 5.97 Å². The van der Waals surface area contributed by atoms with Crippen molar-refractivity contribution in [2.45, 2.75) is 27.7 Å². The summed E-state index contributed by atoms with van der Waals surface area (Å²) in [6.07, 6.45) is 0. The number of hydrogen-bond donors (Lipinski definition) is 4. The van der Waals surface area contributed by atoms with Gasteiger partial charge in [-0.05, 0) is 139 Å². The van der Waals surface area contributed by atoms with Crippen LogP contribution in [0.2, 0.25) is 0 Å². The summed E-state index contributed by atoms with van der Waals surface area (Å²) in [5.74, 6) is -1.60. The second-order valence-corrected chi connectivity index (χ2v) is 16.1. The minimum absolute atomic E-state index is 0.0571. The van der Waals surface area contributed by atoms with E-state index >= 15 is 0 Å². The van der Waals surface area contributed by atoms with Crippen molar-refractivity contribution in [1.82, 2.24) is 0 Å². The highest BCUT2D eigenvalue weighted by Crippen LogP contribution is 2.30. The number of carboxylic acid groups (broad SMARTS) is 1. The summed E-state index contributed by atoms with van der Waals surface area (Å²) >= 11 is 3.39. The molecule has 0 heterocycles. The third kappa shape index (κ3) is 12.8. The van der Waals surface area contributed by atoms with E-state index in [-0.39, 0.29) is 29.0 Å². The number of amides is 3. The van der Waals surface area contributed by atoms with Crippen molar-refractivity contribution >= 4 is 56.7 Å². The molecular formula is C56H48BrN3O5. The van der Waals surface area contributed by atoms with Crippen LogP contribution >= 0.6 is 15.9 Å². The van der Waals surface area contributed by atoms with Crippen molar-refractivity contribution in [3.05, 3.63) is 243 Å². The maximum Gasteiger partial charge on any atom is 0.337 e. The van der Waals surface area contributed by atoms with E-state index in [1.165, 1.54) is 17.2 Å². The minimum Gasteiger partial charge on any atom is -0.478 e. The Bertz CT molecular complexity index is 2940. The molecule has 9 heteroatoms. The molecule has 0 saturated carbocycles. The molecule has 3 amide bonds. The lowest BCUT2D eigenvalue weighted by atomic mass is 9.98. The van der Waals surface area contributed by atoms with Crippen LogP contribution in [0.4, 0.5) is 17.1 Å². The first-order valence-electron chi connectivity index (χ1n) is 20.8. The zero-order valence-corrected chi connectivity index (χ0v) is 38.0. The Balaban J connectivity index is 0.000000165. The summed E-state index contributed by atoms with van der Waals surface area (Å²) in [6.45, 7) is 8.05. The monoisotopic (exact) mass is 921 g/mol. The zero-order chi connectivity index (χ0) is 46.3. The predicted molar refractivity (Wildman–Crippen MR) is 267 cm³/mol. The molecule has 4 N–H and O–H groups in total. The molecular weight excluding hydrogens is 875 g/mol. The highest BCUT2D eigenvalue weighted by Gasteiger charge is 2.16. The van der Waals surface area contributed by atoms with E-state index in [1.807, 2.05) is 142 Å². The number of aryl methyl sites for hydroxylation is 4. The largest absolute Gasteiger partial charge is 0.478 e. The van der Waals surface area contributed by atoms with E-state index in [2.05, 4.69) is 57.0 Å². The minimum atomic E-state index is -1.08. The van der Waals surface area contributed by atoms with Crippen LogP contribution < -0.4 is 16.0 Å². The average molecular weight is 923 g/mol. The van der Waals surface area contributed by atoms with Gasteiger partial charge in [-0.1, -0.05) is 143 Å². The number of anilines is 3. The summed E-state index contributed by atoms with van der Waals surface area (Å²) < 4.78 is 0.950. The molecule has 0 unspecified atom stereocenters. The van der Waals surface area contributed by atoms with Gasteiger partial charge in [0.2, 0.25) is 0 Å². The molecule has 8 nitrogen and oxygen atoms in total. The fraction of sp³-hybridized carbons (Fsp3) is 0.0714. The molecule has 0 aliphatic carbocycles. The summed E-state index contributed by atoms with van der Waals surface area (Å²) in [5, 5.41) is 18.0. The van der Waals surface area contributed by atoms with E-state index in [0.717, 1.165) is 49.2 Å². The summed E-state index contributed by atoms with van der Waals surface area (Å²) in [7, 11) is 0. The average Bonchev–Trinajstić information content (AvgIpc) is 3.32. The van der Waals surface area contributed by atoms with E-state index in [4.69, 9.17) is 0 Å². The van der Waals surface area contributed by atoms with Crippen molar-refractivity contribution in [2.24, 2.45) is 0 Å². The molecule has 8 rings (SSSR count). The van der Waals surface area contributed by atoms with Crippen LogP contribution in [0.1, 0.15) is 63.7 Å². The quantitative estimate of drug-likeness (QED) is 0.115. The summed E-state index contributed by atoms with van der Waals surface area (Å²) in [4.78, 5) is 48.2. The Morgan fingerprint density at radius 1 is 0.385 bits per heavy atom. The van der Waals surface area contributed by atoms with Gasteiger partial charge in [-0.25, -0.2) is 4.79 Å². The van der Waals surface area contributed by atoms with Gasteiger partial charge < -0.3 is 21.1 Å². The smallest absolute Gasteiger partial charge is 0.337 e. The first-order valence-corrected chi connectivity index (χ1v) is 21.6. The highest BCUT2D eigenvalue weighted by molar-refractivity contribution is 9.10. The van der Waals surface area contributed by atoms with Gasteiger partial charge in [0, 0.05) is 32.5 Å². The van der Waals surface area contributed by atoms with E-state index < -0.39 is 5.97 Å².